The van der Waals surface area contributed by atoms with Gasteiger partial charge < -0.3 is 4.42 Å². The number of hydrogen-bond donors (Lipinski definition) is 0. The number of rotatable bonds is 6. The van der Waals surface area contributed by atoms with Gasteiger partial charge in [-0.1, -0.05) is 30.0 Å². The van der Waals surface area contributed by atoms with Crippen LogP contribution in [0.3, 0.4) is 0 Å². The number of thioether (sulfide) groups is 1. The summed E-state index contributed by atoms with van der Waals surface area (Å²) < 4.78 is 20.9. The third kappa shape index (κ3) is 3.67. The van der Waals surface area contributed by atoms with Crippen LogP contribution in [0.2, 0.25) is 0 Å². The molecule has 4 aromatic rings. The lowest BCUT2D eigenvalue weighted by Gasteiger charge is -2.08. The van der Waals surface area contributed by atoms with Gasteiger partial charge in [0.2, 0.25) is 0 Å². The molecule has 0 atom stereocenters. The summed E-state index contributed by atoms with van der Waals surface area (Å²) in [5, 5.41) is 11.5. The van der Waals surface area contributed by atoms with Crippen LogP contribution in [-0.4, -0.2) is 14.8 Å². The van der Waals surface area contributed by atoms with Gasteiger partial charge in [-0.05, 0) is 41.3 Å². The first-order chi connectivity index (χ1) is 12.3. The maximum absolute atomic E-state index is 13.4. The predicted octanol–water partition coefficient (Wildman–Crippen LogP) is 5.08. The molecule has 4 rings (SSSR count). The summed E-state index contributed by atoms with van der Waals surface area (Å²) in [5.74, 6) is 2.05. The molecule has 0 N–H and O–H groups in total. The molecule has 1 aromatic carbocycles. The average molecular weight is 371 g/mol. The first kappa shape index (κ1) is 16.1. The highest BCUT2D eigenvalue weighted by atomic mass is 32.2. The van der Waals surface area contributed by atoms with Crippen LogP contribution in [-0.2, 0) is 12.3 Å². The molecule has 0 aliphatic rings. The van der Waals surface area contributed by atoms with Crippen molar-refractivity contribution in [1.29, 1.82) is 0 Å². The second-order valence-corrected chi connectivity index (χ2v) is 7.26. The van der Waals surface area contributed by atoms with E-state index in [1.807, 2.05) is 40.3 Å². The molecule has 126 valence electrons. The number of nitrogens with zero attached hydrogens (tertiary/aromatic N) is 3. The summed E-state index contributed by atoms with van der Waals surface area (Å²) in [7, 11) is 0. The standard InChI is InChI=1S/C18H14FN3OS2/c19-14-5-1-4-13(10-14)12-25-18-21-20-17(16-7-3-9-24-16)22(18)11-15-6-2-8-23-15/h1-10H,11-12H2. The Morgan fingerprint density at radius 3 is 2.84 bits per heavy atom. The molecule has 0 amide bonds. The zero-order valence-electron chi connectivity index (χ0n) is 13.1. The Morgan fingerprint density at radius 2 is 2.08 bits per heavy atom. The van der Waals surface area contributed by atoms with Gasteiger partial charge in [-0.2, -0.15) is 0 Å². The highest BCUT2D eigenvalue weighted by Crippen LogP contribution is 2.29. The fraction of sp³-hybridized carbons (Fsp3) is 0.111. The molecule has 0 aliphatic carbocycles. The third-order valence-electron chi connectivity index (χ3n) is 3.61. The van der Waals surface area contributed by atoms with Crippen LogP contribution < -0.4 is 0 Å². The van der Waals surface area contributed by atoms with Gasteiger partial charge in [0, 0.05) is 5.75 Å². The van der Waals surface area contributed by atoms with E-state index in [-0.39, 0.29) is 5.82 Å². The van der Waals surface area contributed by atoms with E-state index in [9.17, 15) is 4.39 Å². The Hall–Kier alpha value is -2.38. The van der Waals surface area contributed by atoms with Gasteiger partial charge in [-0.15, -0.1) is 21.5 Å². The van der Waals surface area contributed by atoms with Crippen molar-refractivity contribution in [1.82, 2.24) is 14.8 Å². The number of thiophene rings is 1. The summed E-state index contributed by atoms with van der Waals surface area (Å²) in [4.78, 5) is 1.05. The first-order valence-corrected chi connectivity index (χ1v) is 9.53. The van der Waals surface area contributed by atoms with Crippen molar-refractivity contribution in [3.63, 3.8) is 0 Å². The fourth-order valence-electron chi connectivity index (χ4n) is 2.46. The number of benzene rings is 1. The minimum absolute atomic E-state index is 0.227. The summed E-state index contributed by atoms with van der Waals surface area (Å²) >= 11 is 3.15. The summed E-state index contributed by atoms with van der Waals surface area (Å²) in [5.41, 5.74) is 0.912. The van der Waals surface area contributed by atoms with Crippen molar-refractivity contribution in [2.24, 2.45) is 0 Å². The zero-order chi connectivity index (χ0) is 17.1. The second kappa shape index (κ2) is 7.25. The molecule has 25 heavy (non-hydrogen) atoms. The third-order valence-corrected chi connectivity index (χ3v) is 5.51. The van der Waals surface area contributed by atoms with E-state index in [0.29, 0.717) is 12.3 Å². The maximum atomic E-state index is 13.4. The quantitative estimate of drug-likeness (QED) is 0.443. The van der Waals surface area contributed by atoms with Crippen LogP contribution in [0.1, 0.15) is 11.3 Å². The van der Waals surface area contributed by atoms with E-state index < -0.39 is 0 Å². The topological polar surface area (TPSA) is 43.9 Å². The highest BCUT2D eigenvalue weighted by Gasteiger charge is 2.16. The molecule has 0 bridgehead atoms. The van der Waals surface area contributed by atoms with Gasteiger partial charge in [0.05, 0.1) is 17.7 Å². The van der Waals surface area contributed by atoms with E-state index in [1.54, 1.807) is 29.7 Å². The van der Waals surface area contributed by atoms with E-state index in [0.717, 1.165) is 27.2 Å². The normalized spacial score (nSPS) is 11.1. The Kier molecular flexibility index (Phi) is 4.67. The van der Waals surface area contributed by atoms with Crippen LogP contribution in [0, 0.1) is 5.82 Å². The van der Waals surface area contributed by atoms with Crippen molar-refractivity contribution in [3.8, 4) is 10.7 Å². The molecule has 0 radical (unpaired) electrons. The van der Waals surface area contributed by atoms with Gasteiger partial charge in [-0.25, -0.2) is 4.39 Å². The van der Waals surface area contributed by atoms with Crippen molar-refractivity contribution < 1.29 is 8.81 Å². The molecule has 0 saturated carbocycles. The van der Waals surface area contributed by atoms with Crippen LogP contribution >= 0.6 is 23.1 Å². The van der Waals surface area contributed by atoms with E-state index in [4.69, 9.17) is 4.42 Å². The lowest BCUT2D eigenvalue weighted by molar-refractivity contribution is 0.485. The Labute approximate surface area is 152 Å². The van der Waals surface area contributed by atoms with Gasteiger partial charge in [0.1, 0.15) is 11.6 Å². The molecule has 4 nitrogen and oxygen atoms in total. The molecule has 0 saturated heterocycles. The van der Waals surface area contributed by atoms with Gasteiger partial charge in [0.25, 0.3) is 0 Å². The SMILES string of the molecule is Fc1cccc(CSc2nnc(-c3cccs3)n2Cc2ccco2)c1. The summed E-state index contributed by atoms with van der Waals surface area (Å²) in [6, 6.07) is 14.4. The fourth-order valence-corrected chi connectivity index (χ4v) is 4.06. The van der Waals surface area contributed by atoms with E-state index >= 15 is 0 Å². The lowest BCUT2D eigenvalue weighted by atomic mass is 10.2. The van der Waals surface area contributed by atoms with Crippen molar-refractivity contribution >= 4 is 23.1 Å². The smallest absolute Gasteiger partial charge is 0.192 e. The average Bonchev–Trinajstić information content (AvgIpc) is 3.36. The van der Waals surface area contributed by atoms with Gasteiger partial charge in [-0.3, -0.25) is 4.57 Å². The first-order valence-electron chi connectivity index (χ1n) is 7.66. The Bertz CT molecular complexity index is 949. The Morgan fingerprint density at radius 1 is 1.12 bits per heavy atom. The monoisotopic (exact) mass is 371 g/mol. The molecule has 0 aliphatic heterocycles. The van der Waals surface area contributed by atoms with E-state index in [2.05, 4.69) is 10.2 Å². The summed E-state index contributed by atoms with van der Waals surface area (Å²) in [6.07, 6.45) is 1.66. The molecule has 7 heteroatoms. The van der Waals surface area contributed by atoms with Crippen molar-refractivity contribution in [3.05, 3.63) is 77.3 Å². The van der Waals surface area contributed by atoms with Crippen molar-refractivity contribution in [2.45, 2.75) is 17.5 Å². The van der Waals surface area contributed by atoms with Crippen LogP contribution in [0.15, 0.2) is 69.7 Å². The minimum Gasteiger partial charge on any atom is -0.467 e. The molecule has 3 aromatic heterocycles. The largest absolute Gasteiger partial charge is 0.467 e. The number of halogens is 1. The molecule has 0 spiro atoms. The summed E-state index contributed by atoms with van der Waals surface area (Å²) in [6.45, 7) is 0.554. The van der Waals surface area contributed by atoms with Gasteiger partial charge in [0.15, 0.2) is 11.0 Å². The van der Waals surface area contributed by atoms with Gasteiger partial charge >= 0.3 is 0 Å². The number of furan rings is 1. The molecule has 3 heterocycles. The van der Waals surface area contributed by atoms with Crippen LogP contribution in [0.25, 0.3) is 10.7 Å². The van der Waals surface area contributed by atoms with Crippen LogP contribution in [0.5, 0.6) is 0 Å². The maximum Gasteiger partial charge on any atom is 0.192 e. The molecular formula is C18H14FN3OS2. The number of aromatic nitrogens is 3. The number of hydrogen-bond acceptors (Lipinski definition) is 5. The lowest BCUT2D eigenvalue weighted by Crippen LogP contribution is -2.03. The predicted molar refractivity (Wildman–Crippen MR) is 97.1 cm³/mol. The van der Waals surface area contributed by atoms with Crippen molar-refractivity contribution in [2.75, 3.05) is 0 Å². The Balaban J connectivity index is 1.62. The van der Waals surface area contributed by atoms with Crippen LogP contribution in [0.4, 0.5) is 4.39 Å². The molecule has 0 fully saturated rings. The second-order valence-electron chi connectivity index (χ2n) is 5.37. The minimum atomic E-state index is -0.227. The highest BCUT2D eigenvalue weighted by molar-refractivity contribution is 7.98. The molecule has 0 unspecified atom stereocenters. The molecular weight excluding hydrogens is 357 g/mol. The van der Waals surface area contributed by atoms with E-state index in [1.165, 1.54) is 17.8 Å². The zero-order valence-corrected chi connectivity index (χ0v) is 14.8.